The predicted molar refractivity (Wildman–Crippen MR) is 63.0 cm³/mol. The summed E-state index contributed by atoms with van der Waals surface area (Å²) in [5.41, 5.74) is 3.44. The van der Waals surface area contributed by atoms with E-state index in [0.29, 0.717) is 0 Å². The van der Waals surface area contributed by atoms with E-state index in [4.69, 9.17) is 0 Å². The average Bonchev–Trinajstić information content (AvgIpc) is 2.63. The molecule has 0 unspecified atom stereocenters. The lowest BCUT2D eigenvalue weighted by atomic mass is 10.2. The molecule has 0 saturated carbocycles. The molecular formula is C13H14N2. The number of rotatable bonds is 2. The van der Waals surface area contributed by atoms with Gasteiger partial charge >= 0.3 is 0 Å². The van der Waals surface area contributed by atoms with Crippen molar-refractivity contribution in [1.29, 1.82) is 0 Å². The fourth-order valence-corrected chi connectivity index (χ4v) is 1.59. The van der Waals surface area contributed by atoms with E-state index in [9.17, 15) is 0 Å². The van der Waals surface area contributed by atoms with E-state index in [-0.39, 0.29) is 0 Å². The van der Waals surface area contributed by atoms with Gasteiger partial charge in [-0.1, -0.05) is 30.4 Å². The molecular weight excluding hydrogens is 184 g/mol. The van der Waals surface area contributed by atoms with Gasteiger partial charge in [-0.3, -0.25) is 0 Å². The summed E-state index contributed by atoms with van der Waals surface area (Å²) in [7, 11) is 0. The second-order valence-corrected chi connectivity index (χ2v) is 3.43. The number of aromatic nitrogens is 2. The predicted octanol–water partition coefficient (Wildman–Crippen LogP) is 3.21. The van der Waals surface area contributed by atoms with Gasteiger partial charge in [0, 0.05) is 11.3 Å². The molecule has 0 aliphatic rings. The molecule has 0 fully saturated rings. The highest BCUT2D eigenvalue weighted by atomic mass is 15.3. The van der Waals surface area contributed by atoms with Gasteiger partial charge in [-0.15, -0.1) is 0 Å². The van der Waals surface area contributed by atoms with Crippen LogP contribution in [0.2, 0.25) is 0 Å². The van der Waals surface area contributed by atoms with Crippen LogP contribution in [0.25, 0.3) is 11.8 Å². The van der Waals surface area contributed by atoms with E-state index in [2.05, 4.69) is 30.2 Å². The number of allylic oxidation sites excluding steroid dienone is 1. The summed E-state index contributed by atoms with van der Waals surface area (Å²) in [5, 5.41) is 4.37. The summed E-state index contributed by atoms with van der Waals surface area (Å²) in [6.07, 6.45) is 5.99. The van der Waals surface area contributed by atoms with Gasteiger partial charge in [0.15, 0.2) is 0 Å². The lowest BCUT2D eigenvalue weighted by Crippen LogP contribution is -1.98. The monoisotopic (exact) mass is 198 g/mol. The lowest BCUT2D eigenvalue weighted by molar-refractivity contribution is 0.847. The number of hydrogen-bond donors (Lipinski definition) is 0. The Labute approximate surface area is 89.9 Å². The van der Waals surface area contributed by atoms with Crippen LogP contribution in [-0.4, -0.2) is 9.78 Å². The minimum Gasteiger partial charge on any atom is -0.237 e. The lowest BCUT2D eigenvalue weighted by Gasteiger charge is -2.03. The Morgan fingerprint density at radius 2 is 1.93 bits per heavy atom. The van der Waals surface area contributed by atoms with E-state index in [1.165, 1.54) is 11.3 Å². The number of nitrogens with zero attached hydrogens (tertiary/aromatic N) is 2. The average molecular weight is 198 g/mol. The van der Waals surface area contributed by atoms with Gasteiger partial charge in [-0.05, 0) is 26.0 Å². The minimum absolute atomic E-state index is 1.10. The summed E-state index contributed by atoms with van der Waals surface area (Å²) in [5.74, 6) is 0. The van der Waals surface area contributed by atoms with E-state index in [0.717, 1.165) is 5.69 Å². The molecule has 1 aromatic carbocycles. The molecule has 0 N–H and O–H groups in total. The SMILES string of the molecule is C/C=C/c1cnn(-c2ccccc2)c1C. The topological polar surface area (TPSA) is 17.8 Å². The zero-order valence-electron chi connectivity index (χ0n) is 9.01. The first-order chi connectivity index (χ1) is 7.33. The summed E-state index contributed by atoms with van der Waals surface area (Å²) in [4.78, 5) is 0. The van der Waals surface area contributed by atoms with Crippen molar-refractivity contribution in [2.75, 3.05) is 0 Å². The molecule has 0 aliphatic carbocycles. The number of hydrogen-bond acceptors (Lipinski definition) is 1. The molecule has 76 valence electrons. The molecule has 1 aromatic heterocycles. The fraction of sp³-hybridized carbons (Fsp3) is 0.154. The van der Waals surface area contributed by atoms with Gasteiger partial charge in [0.25, 0.3) is 0 Å². The molecule has 2 nitrogen and oxygen atoms in total. The van der Waals surface area contributed by atoms with E-state index in [1.54, 1.807) is 0 Å². The van der Waals surface area contributed by atoms with Crippen molar-refractivity contribution in [1.82, 2.24) is 9.78 Å². The molecule has 0 atom stereocenters. The molecule has 15 heavy (non-hydrogen) atoms. The van der Waals surface area contributed by atoms with Crippen LogP contribution in [0.15, 0.2) is 42.6 Å². The maximum atomic E-state index is 4.37. The summed E-state index contributed by atoms with van der Waals surface area (Å²) < 4.78 is 1.95. The van der Waals surface area contributed by atoms with Gasteiger partial charge in [-0.25, -0.2) is 4.68 Å². The highest BCUT2D eigenvalue weighted by molar-refractivity contribution is 5.52. The highest BCUT2D eigenvalue weighted by Crippen LogP contribution is 2.14. The van der Waals surface area contributed by atoms with Crippen LogP contribution in [0.4, 0.5) is 0 Å². The van der Waals surface area contributed by atoms with Gasteiger partial charge < -0.3 is 0 Å². The van der Waals surface area contributed by atoms with Gasteiger partial charge in [-0.2, -0.15) is 5.10 Å². The zero-order valence-corrected chi connectivity index (χ0v) is 9.01. The van der Waals surface area contributed by atoms with Crippen molar-refractivity contribution >= 4 is 6.08 Å². The first-order valence-electron chi connectivity index (χ1n) is 5.05. The van der Waals surface area contributed by atoms with E-state index in [1.807, 2.05) is 42.1 Å². The van der Waals surface area contributed by atoms with Crippen molar-refractivity contribution in [3.05, 3.63) is 53.9 Å². The molecule has 2 heteroatoms. The van der Waals surface area contributed by atoms with E-state index >= 15 is 0 Å². The number of para-hydroxylation sites is 1. The summed E-state index contributed by atoms with van der Waals surface area (Å²) in [6, 6.07) is 10.2. The third-order valence-electron chi connectivity index (χ3n) is 2.39. The molecule has 2 rings (SSSR count). The maximum Gasteiger partial charge on any atom is 0.0648 e. The molecule has 1 heterocycles. The smallest absolute Gasteiger partial charge is 0.0648 e. The third-order valence-corrected chi connectivity index (χ3v) is 2.39. The van der Waals surface area contributed by atoms with E-state index < -0.39 is 0 Å². The largest absolute Gasteiger partial charge is 0.237 e. The Morgan fingerprint density at radius 3 is 2.60 bits per heavy atom. The van der Waals surface area contributed by atoms with Crippen molar-refractivity contribution in [3.63, 3.8) is 0 Å². The van der Waals surface area contributed by atoms with Crippen LogP contribution in [0.1, 0.15) is 18.2 Å². The minimum atomic E-state index is 1.10. The first-order valence-corrected chi connectivity index (χ1v) is 5.05. The van der Waals surface area contributed by atoms with Crippen molar-refractivity contribution in [3.8, 4) is 5.69 Å². The Hall–Kier alpha value is -1.83. The standard InChI is InChI=1S/C13H14N2/c1-3-7-12-10-14-15(11(12)2)13-8-5-4-6-9-13/h3-10H,1-2H3/b7-3+. The van der Waals surface area contributed by atoms with Gasteiger partial charge in [0.05, 0.1) is 11.9 Å². The Kier molecular flexibility index (Phi) is 2.68. The molecule has 0 saturated heterocycles. The fourth-order valence-electron chi connectivity index (χ4n) is 1.59. The highest BCUT2D eigenvalue weighted by Gasteiger charge is 2.04. The van der Waals surface area contributed by atoms with Crippen molar-refractivity contribution in [2.45, 2.75) is 13.8 Å². The summed E-state index contributed by atoms with van der Waals surface area (Å²) >= 11 is 0. The molecule has 0 radical (unpaired) electrons. The molecule has 0 bridgehead atoms. The first kappa shape index (κ1) is 9.71. The third kappa shape index (κ3) is 1.84. The summed E-state index contributed by atoms with van der Waals surface area (Å²) in [6.45, 7) is 4.09. The normalized spacial score (nSPS) is 11.1. The molecule has 0 amide bonds. The van der Waals surface area contributed by atoms with Crippen LogP contribution < -0.4 is 0 Å². The van der Waals surface area contributed by atoms with Crippen LogP contribution in [0, 0.1) is 6.92 Å². The number of benzene rings is 1. The second kappa shape index (κ2) is 4.13. The van der Waals surface area contributed by atoms with Crippen LogP contribution >= 0.6 is 0 Å². The van der Waals surface area contributed by atoms with Gasteiger partial charge in [0.2, 0.25) is 0 Å². The van der Waals surface area contributed by atoms with Crippen LogP contribution in [0.3, 0.4) is 0 Å². The molecule has 2 aromatic rings. The quantitative estimate of drug-likeness (QED) is 0.724. The molecule has 0 spiro atoms. The Morgan fingerprint density at radius 1 is 1.20 bits per heavy atom. The van der Waals surface area contributed by atoms with Crippen LogP contribution in [-0.2, 0) is 0 Å². The van der Waals surface area contributed by atoms with Crippen molar-refractivity contribution in [2.24, 2.45) is 0 Å². The Balaban J connectivity index is 2.47. The van der Waals surface area contributed by atoms with Crippen LogP contribution in [0.5, 0.6) is 0 Å². The maximum absolute atomic E-state index is 4.37. The Bertz CT molecular complexity index is 467. The van der Waals surface area contributed by atoms with Gasteiger partial charge in [0.1, 0.15) is 0 Å². The zero-order chi connectivity index (χ0) is 10.7. The molecule has 0 aliphatic heterocycles. The van der Waals surface area contributed by atoms with Crippen molar-refractivity contribution < 1.29 is 0 Å². The second-order valence-electron chi connectivity index (χ2n) is 3.43.